The Labute approximate surface area is 214 Å². The first-order chi connectivity index (χ1) is 17.9. The molecule has 0 saturated carbocycles. The predicted molar refractivity (Wildman–Crippen MR) is 140 cm³/mol. The minimum Gasteiger partial charge on any atom is -0.437 e. The Morgan fingerprint density at radius 2 is 1.86 bits per heavy atom. The molecule has 0 spiro atoms. The van der Waals surface area contributed by atoms with E-state index in [-0.39, 0.29) is 23.3 Å². The lowest BCUT2D eigenvalue weighted by atomic mass is 10.2. The smallest absolute Gasteiger partial charge is 0.271 e. The molecule has 4 rings (SSSR count). The monoisotopic (exact) mass is 503 g/mol. The van der Waals surface area contributed by atoms with Gasteiger partial charge >= 0.3 is 0 Å². The van der Waals surface area contributed by atoms with Gasteiger partial charge in [0.05, 0.1) is 18.1 Å². The van der Waals surface area contributed by atoms with Crippen molar-refractivity contribution in [2.24, 2.45) is 5.73 Å². The van der Waals surface area contributed by atoms with Crippen molar-refractivity contribution >= 4 is 35.0 Å². The van der Waals surface area contributed by atoms with Gasteiger partial charge in [-0.1, -0.05) is 19.6 Å². The first-order valence-corrected chi connectivity index (χ1v) is 11.8. The van der Waals surface area contributed by atoms with Gasteiger partial charge in [-0.2, -0.15) is 4.98 Å². The quantitative estimate of drug-likeness (QED) is 0.371. The van der Waals surface area contributed by atoms with Crippen molar-refractivity contribution in [3.63, 3.8) is 0 Å². The summed E-state index contributed by atoms with van der Waals surface area (Å²) in [6.45, 7) is 8.88. The summed E-state index contributed by atoms with van der Waals surface area (Å²) in [5, 5.41) is 5.72. The number of rotatable bonds is 9. The lowest BCUT2D eigenvalue weighted by Crippen LogP contribution is -2.45. The van der Waals surface area contributed by atoms with Crippen LogP contribution in [0.25, 0.3) is 0 Å². The molecule has 2 aromatic heterocycles. The maximum absolute atomic E-state index is 12.2. The highest BCUT2D eigenvalue weighted by Gasteiger charge is 2.20. The molecule has 0 aliphatic carbocycles. The van der Waals surface area contributed by atoms with Crippen LogP contribution in [0.4, 0.5) is 23.1 Å². The van der Waals surface area contributed by atoms with E-state index in [9.17, 15) is 9.59 Å². The number of anilines is 4. The average Bonchev–Trinajstić information content (AvgIpc) is 2.90. The summed E-state index contributed by atoms with van der Waals surface area (Å²) in [6.07, 6.45) is 4.86. The van der Waals surface area contributed by atoms with E-state index in [0.717, 1.165) is 26.2 Å². The standard InChI is InChI=1S/C25H29N9O3/c1-4-19-24(37-18-8-6-7-16(13-18)29-20(35)5-2)32-23(21(31-19)22(26)36)30-17-14-27-25(28-15-17)34-11-9-33(3)10-12-34/h5-8,13-15H,2,4,9-12H2,1,3H3,(H2,26,36)(H,29,35)(H,30,32). The number of piperazine rings is 1. The maximum atomic E-state index is 12.2. The molecule has 0 radical (unpaired) electrons. The van der Waals surface area contributed by atoms with Gasteiger partial charge in [-0.25, -0.2) is 15.0 Å². The first-order valence-electron chi connectivity index (χ1n) is 11.8. The Morgan fingerprint density at radius 1 is 1.14 bits per heavy atom. The Morgan fingerprint density at radius 3 is 2.51 bits per heavy atom. The second-order valence-electron chi connectivity index (χ2n) is 8.40. The second-order valence-corrected chi connectivity index (χ2v) is 8.40. The number of nitrogens with two attached hydrogens (primary N) is 1. The average molecular weight is 504 g/mol. The van der Waals surface area contributed by atoms with Crippen LogP contribution in [0.1, 0.15) is 23.1 Å². The lowest BCUT2D eigenvalue weighted by molar-refractivity contribution is -0.111. The summed E-state index contributed by atoms with van der Waals surface area (Å²) in [4.78, 5) is 46.0. The molecule has 3 heterocycles. The number of benzene rings is 1. The summed E-state index contributed by atoms with van der Waals surface area (Å²) >= 11 is 0. The molecule has 37 heavy (non-hydrogen) atoms. The van der Waals surface area contributed by atoms with Gasteiger partial charge in [-0.3, -0.25) is 9.59 Å². The van der Waals surface area contributed by atoms with Crippen molar-refractivity contribution in [2.75, 3.05) is 48.8 Å². The molecule has 1 aliphatic rings. The van der Waals surface area contributed by atoms with Gasteiger partial charge in [0.1, 0.15) is 11.4 Å². The number of nitrogens with zero attached hydrogens (tertiary/aromatic N) is 6. The van der Waals surface area contributed by atoms with Crippen LogP contribution < -0.4 is 26.0 Å². The van der Waals surface area contributed by atoms with Crippen LogP contribution in [0.2, 0.25) is 0 Å². The molecule has 4 N–H and O–H groups in total. The van der Waals surface area contributed by atoms with Crippen molar-refractivity contribution in [3.8, 4) is 11.6 Å². The topological polar surface area (TPSA) is 151 Å². The van der Waals surface area contributed by atoms with Crippen LogP contribution in [0.5, 0.6) is 11.6 Å². The molecule has 12 nitrogen and oxygen atoms in total. The van der Waals surface area contributed by atoms with Crippen LogP contribution in [0.3, 0.4) is 0 Å². The number of hydrogen-bond donors (Lipinski definition) is 3. The number of ether oxygens (including phenoxy) is 1. The van der Waals surface area contributed by atoms with Crippen molar-refractivity contribution < 1.29 is 14.3 Å². The van der Waals surface area contributed by atoms with Crippen LogP contribution >= 0.6 is 0 Å². The SMILES string of the molecule is C=CC(=O)Nc1cccc(Oc2nc(Nc3cnc(N4CCN(C)CC4)nc3)c(C(N)=O)nc2CC)c1. The Bertz CT molecular complexity index is 1290. The number of aromatic nitrogens is 4. The minimum atomic E-state index is -0.736. The van der Waals surface area contributed by atoms with Gasteiger partial charge in [0, 0.05) is 37.9 Å². The van der Waals surface area contributed by atoms with E-state index in [1.807, 2.05) is 6.92 Å². The summed E-state index contributed by atoms with van der Waals surface area (Å²) < 4.78 is 5.99. The van der Waals surface area contributed by atoms with Gasteiger partial charge in [-0.15, -0.1) is 0 Å². The lowest BCUT2D eigenvalue weighted by Gasteiger charge is -2.32. The third-order valence-corrected chi connectivity index (χ3v) is 5.69. The third kappa shape index (κ3) is 6.35. The number of nitrogens with one attached hydrogen (secondary N) is 2. The Balaban J connectivity index is 1.58. The highest BCUT2D eigenvalue weighted by molar-refractivity contribution is 5.99. The zero-order valence-electron chi connectivity index (χ0n) is 20.8. The van der Waals surface area contributed by atoms with Gasteiger partial charge < -0.3 is 30.9 Å². The number of primary amides is 1. The Kier molecular flexibility index (Phi) is 7.89. The number of likely N-dealkylation sites (N-methyl/N-ethyl adjacent to an activating group) is 1. The van der Waals surface area contributed by atoms with E-state index in [0.29, 0.717) is 35.2 Å². The van der Waals surface area contributed by atoms with Crippen LogP contribution in [0, 0.1) is 0 Å². The van der Waals surface area contributed by atoms with Crippen molar-refractivity contribution in [1.82, 2.24) is 24.8 Å². The van der Waals surface area contributed by atoms with Crippen LogP contribution in [-0.2, 0) is 11.2 Å². The third-order valence-electron chi connectivity index (χ3n) is 5.69. The molecular formula is C25H29N9O3. The molecule has 1 saturated heterocycles. The highest BCUT2D eigenvalue weighted by atomic mass is 16.5. The fourth-order valence-corrected chi connectivity index (χ4v) is 3.66. The van der Waals surface area contributed by atoms with Crippen molar-refractivity contribution in [3.05, 3.63) is 60.7 Å². The van der Waals surface area contributed by atoms with E-state index in [1.54, 1.807) is 36.7 Å². The first kappa shape index (κ1) is 25.5. The summed E-state index contributed by atoms with van der Waals surface area (Å²) in [7, 11) is 2.09. The molecule has 0 unspecified atom stereocenters. The number of amides is 2. The second kappa shape index (κ2) is 11.4. The van der Waals surface area contributed by atoms with Crippen molar-refractivity contribution in [1.29, 1.82) is 0 Å². The minimum absolute atomic E-state index is 0.0284. The highest BCUT2D eigenvalue weighted by Crippen LogP contribution is 2.29. The Hall–Kier alpha value is -4.58. The van der Waals surface area contributed by atoms with E-state index < -0.39 is 5.91 Å². The number of carbonyl (C=O) groups excluding carboxylic acids is 2. The fourth-order valence-electron chi connectivity index (χ4n) is 3.66. The summed E-state index contributed by atoms with van der Waals surface area (Å²) in [5.41, 5.74) is 7.05. The van der Waals surface area contributed by atoms with Gasteiger partial charge in [0.15, 0.2) is 11.5 Å². The molecule has 3 aromatic rings. The number of carbonyl (C=O) groups is 2. The zero-order valence-corrected chi connectivity index (χ0v) is 20.8. The maximum Gasteiger partial charge on any atom is 0.271 e. The van der Waals surface area contributed by atoms with E-state index in [4.69, 9.17) is 10.5 Å². The van der Waals surface area contributed by atoms with Gasteiger partial charge in [0.2, 0.25) is 17.7 Å². The molecule has 0 atom stereocenters. The number of hydrogen-bond acceptors (Lipinski definition) is 10. The molecule has 0 bridgehead atoms. The molecule has 1 fully saturated rings. The van der Waals surface area contributed by atoms with Crippen molar-refractivity contribution in [2.45, 2.75) is 13.3 Å². The molecule has 192 valence electrons. The normalized spacial score (nSPS) is 13.6. The molecule has 1 aliphatic heterocycles. The van der Waals surface area contributed by atoms with Gasteiger partial charge in [-0.05, 0) is 31.7 Å². The molecule has 2 amide bonds. The number of aryl methyl sites for hydroxylation is 1. The summed E-state index contributed by atoms with van der Waals surface area (Å²) in [6, 6.07) is 6.80. The largest absolute Gasteiger partial charge is 0.437 e. The van der Waals surface area contributed by atoms with Gasteiger partial charge in [0.25, 0.3) is 5.91 Å². The van der Waals surface area contributed by atoms with Crippen LogP contribution in [-0.4, -0.2) is 69.9 Å². The molecule has 1 aromatic carbocycles. The summed E-state index contributed by atoms with van der Waals surface area (Å²) in [5.74, 6) is 0.283. The predicted octanol–water partition coefficient (Wildman–Crippen LogP) is 2.34. The van der Waals surface area contributed by atoms with E-state index >= 15 is 0 Å². The van der Waals surface area contributed by atoms with Crippen LogP contribution in [0.15, 0.2) is 49.3 Å². The molecular weight excluding hydrogens is 474 g/mol. The molecule has 12 heteroatoms. The fraction of sp³-hybridized carbons (Fsp3) is 0.280. The zero-order chi connectivity index (χ0) is 26.4. The van der Waals surface area contributed by atoms with E-state index in [2.05, 4.69) is 54.0 Å². The van der Waals surface area contributed by atoms with E-state index in [1.165, 1.54) is 6.08 Å².